The zero-order valence-electron chi connectivity index (χ0n) is 19.1. The van der Waals surface area contributed by atoms with Gasteiger partial charge in [0.15, 0.2) is 0 Å². The zero-order valence-corrected chi connectivity index (χ0v) is 20.8. The number of pyridine rings is 1. The number of thiocarbonyl (C=S) groups is 1. The van der Waals surface area contributed by atoms with Gasteiger partial charge >= 0.3 is 0 Å². The molecule has 0 bridgehead atoms. The average molecular weight is 475 g/mol. The van der Waals surface area contributed by atoms with Gasteiger partial charge < -0.3 is 9.64 Å². The molecule has 3 heterocycles. The van der Waals surface area contributed by atoms with Gasteiger partial charge in [-0.1, -0.05) is 44.2 Å². The standard InChI is InChI=1S/C23H30N4O3S2/c1-5-7-8-26-20(25-9-11-30-12-10-25)17(16(4)18(14-24)21(26)28)13-19-22(29)27(15(3)6-2)23(31)32-19/h13,15H,5-12H2,1-4H3/b19-13+. The van der Waals surface area contributed by atoms with E-state index < -0.39 is 0 Å². The predicted molar refractivity (Wildman–Crippen MR) is 133 cm³/mol. The maximum atomic E-state index is 13.2. The van der Waals surface area contributed by atoms with Crippen LogP contribution in [0.25, 0.3) is 6.08 Å². The van der Waals surface area contributed by atoms with E-state index in [0.717, 1.165) is 30.6 Å². The number of amides is 1. The summed E-state index contributed by atoms with van der Waals surface area (Å²) in [6.07, 6.45) is 4.37. The average Bonchev–Trinajstić information content (AvgIpc) is 3.07. The molecule has 9 heteroatoms. The molecule has 3 rings (SSSR count). The number of nitrogens with zero attached hydrogens (tertiary/aromatic N) is 4. The minimum absolute atomic E-state index is 0.0152. The van der Waals surface area contributed by atoms with Gasteiger partial charge in [-0.3, -0.25) is 19.1 Å². The summed E-state index contributed by atoms with van der Waals surface area (Å²) in [6, 6.07) is 2.11. The van der Waals surface area contributed by atoms with Gasteiger partial charge in [0.1, 0.15) is 21.8 Å². The summed E-state index contributed by atoms with van der Waals surface area (Å²) in [5.74, 6) is 0.642. The number of nitriles is 1. The molecular weight excluding hydrogens is 444 g/mol. The van der Waals surface area contributed by atoms with E-state index >= 15 is 0 Å². The van der Waals surface area contributed by atoms with Crippen LogP contribution >= 0.6 is 24.0 Å². The first kappa shape index (κ1) is 24.5. The van der Waals surface area contributed by atoms with Crippen LogP contribution in [-0.4, -0.2) is 52.0 Å². The van der Waals surface area contributed by atoms with Gasteiger partial charge in [-0.25, -0.2) is 0 Å². The van der Waals surface area contributed by atoms with Crippen molar-refractivity contribution in [1.82, 2.24) is 9.47 Å². The Morgan fingerprint density at radius 3 is 2.56 bits per heavy atom. The summed E-state index contributed by atoms with van der Waals surface area (Å²) in [5, 5.41) is 9.76. The first-order valence-corrected chi connectivity index (χ1v) is 12.3. The van der Waals surface area contributed by atoms with Crippen molar-refractivity contribution in [2.45, 2.75) is 59.5 Å². The Bertz CT molecular complexity index is 1040. The number of rotatable bonds is 7. The minimum atomic E-state index is -0.274. The molecule has 0 aromatic carbocycles. The highest BCUT2D eigenvalue weighted by Gasteiger charge is 2.35. The first-order chi connectivity index (χ1) is 15.3. The van der Waals surface area contributed by atoms with Crippen molar-refractivity contribution in [3.63, 3.8) is 0 Å². The molecule has 2 aliphatic heterocycles. The van der Waals surface area contributed by atoms with Crippen LogP contribution in [0.4, 0.5) is 5.82 Å². The number of hydrogen-bond acceptors (Lipinski definition) is 7. The molecule has 0 saturated carbocycles. The largest absolute Gasteiger partial charge is 0.378 e. The van der Waals surface area contributed by atoms with E-state index in [1.54, 1.807) is 16.4 Å². The van der Waals surface area contributed by atoms with E-state index in [-0.39, 0.29) is 23.1 Å². The highest BCUT2D eigenvalue weighted by atomic mass is 32.2. The maximum absolute atomic E-state index is 13.2. The third-order valence-corrected chi connectivity index (χ3v) is 7.35. The molecule has 1 aromatic heterocycles. The van der Waals surface area contributed by atoms with Gasteiger partial charge in [-0.05, 0) is 38.3 Å². The molecule has 0 N–H and O–H groups in total. The lowest BCUT2D eigenvalue weighted by atomic mass is 10.0. The number of ether oxygens (including phenoxy) is 1. The van der Waals surface area contributed by atoms with Gasteiger partial charge in [0, 0.05) is 31.2 Å². The van der Waals surface area contributed by atoms with E-state index in [1.807, 2.05) is 19.9 Å². The summed E-state index contributed by atoms with van der Waals surface area (Å²) in [7, 11) is 0. The Hall–Kier alpha value is -2.15. The second kappa shape index (κ2) is 10.6. The Labute approximate surface area is 199 Å². The van der Waals surface area contributed by atoms with Crippen LogP contribution in [0, 0.1) is 18.3 Å². The van der Waals surface area contributed by atoms with Crippen molar-refractivity contribution in [3.8, 4) is 6.07 Å². The molecule has 172 valence electrons. The third-order valence-electron chi connectivity index (χ3n) is 6.02. The number of carbonyl (C=O) groups is 1. The fraction of sp³-hybridized carbons (Fsp3) is 0.565. The summed E-state index contributed by atoms with van der Waals surface area (Å²) >= 11 is 6.77. The quantitative estimate of drug-likeness (QED) is 0.441. The van der Waals surface area contributed by atoms with Crippen LogP contribution in [0.5, 0.6) is 0 Å². The highest BCUT2D eigenvalue weighted by molar-refractivity contribution is 8.26. The summed E-state index contributed by atoms with van der Waals surface area (Å²) in [6.45, 7) is 10.8. The minimum Gasteiger partial charge on any atom is -0.378 e. The van der Waals surface area contributed by atoms with Crippen molar-refractivity contribution in [2.75, 3.05) is 31.2 Å². The van der Waals surface area contributed by atoms with Crippen LogP contribution in [0.3, 0.4) is 0 Å². The van der Waals surface area contributed by atoms with Crippen LogP contribution in [-0.2, 0) is 16.1 Å². The first-order valence-electron chi connectivity index (χ1n) is 11.1. The number of morpholine rings is 1. The Kier molecular flexibility index (Phi) is 8.15. The predicted octanol–water partition coefficient (Wildman–Crippen LogP) is 3.66. The van der Waals surface area contributed by atoms with Crippen LogP contribution in [0.1, 0.15) is 56.7 Å². The Balaban J connectivity index is 2.23. The SMILES string of the molecule is CCCCn1c(N2CCOCC2)c(/C=C2/SC(=S)N(C(C)CC)C2=O)c(C)c(C#N)c1=O. The molecule has 0 aliphatic carbocycles. The monoisotopic (exact) mass is 474 g/mol. The van der Waals surface area contributed by atoms with Crippen LogP contribution in [0.15, 0.2) is 9.70 Å². The number of hydrogen-bond donors (Lipinski definition) is 0. The normalized spacial score (nSPS) is 19.0. The van der Waals surface area contributed by atoms with Crippen molar-refractivity contribution in [1.29, 1.82) is 5.26 Å². The van der Waals surface area contributed by atoms with E-state index in [4.69, 9.17) is 17.0 Å². The lowest BCUT2D eigenvalue weighted by Gasteiger charge is -2.33. The number of thioether (sulfide) groups is 1. The maximum Gasteiger partial charge on any atom is 0.270 e. The fourth-order valence-corrected chi connectivity index (χ4v) is 5.40. The van der Waals surface area contributed by atoms with E-state index in [1.165, 1.54) is 11.8 Å². The van der Waals surface area contributed by atoms with Crippen molar-refractivity contribution >= 4 is 46.1 Å². The Morgan fingerprint density at radius 2 is 1.97 bits per heavy atom. The summed E-state index contributed by atoms with van der Waals surface area (Å²) < 4.78 is 7.78. The fourth-order valence-electron chi connectivity index (χ4n) is 3.96. The molecule has 2 saturated heterocycles. The number of carbonyl (C=O) groups excluding carboxylic acids is 1. The molecule has 2 aliphatic rings. The van der Waals surface area contributed by atoms with Gasteiger partial charge in [0.05, 0.1) is 18.1 Å². The molecule has 0 radical (unpaired) electrons. The van der Waals surface area contributed by atoms with Crippen LogP contribution < -0.4 is 10.5 Å². The smallest absolute Gasteiger partial charge is 0.270 e. The Morgan fingerprint density at radius 1 is 1.28 bits per heavy atom. The molecule has 1 aromatic rings. The van der Waals surface area contributed by atoms with E-state index in [9.17, 15) is 14.9 Å². The van der Waals surface area contributed by atoms with Gasteiger partial charge in [-0.15, -0.1) is 0 Å². The van der Waals surface area contributed by atoms with Crippen molar-refractivity contribution < 1.29 is 9.53 Å². The molecule has 1 unspecified atom stereocenters. The molecule has 1 atom stereocenters. The highest BCUT2D eigenvalue weighted by Crippen LogP contribution is 2.37. The molecule has 0 spiro atoms. The zero-order chi connectivity index (χ0) is 23.4. The third kappa shape index (κ3) is 4.63. The van der Waals surface area contributed by atoms with Crippen LogP contribution in [0.2, 0.25) is 0 Å². The molecule has 32 heavy (non-hydrogen) atoms. The summed E-state index contributed by atoms with van der Waals surface area (Å²) in [4.78, 5) is 30.7. The lowest BCUT2D eigenvalue weighted by molar-refractivity contribution is -0.123. The number of aromatic nitrogens is 1. The topological polar surface area (TPSA) is 78.6 Å². The molecule has 1 amide bonds. The summed E-state index contributed by atoms with van der Waals surface area (Å²) in [5.41, 5.74) is 1.19. The van der Waals surface area contributed by atoms with Crippen molar-refractivity contribution in [3.05, 3.63) is 31.9 Å². The van der Waals surface area contributed by atoms with Gasteiger partial charge in [0.2, 0.25) is 0 Å². The van der Waals surface area contributed by atoms with E-state index in [0.29, 0.717) is 47.6 Å². The number of unbranched alkanes of at least 4 members (excludes halogenated alkanes) is 1. The van der Waals surface area contributed by atoms with Gasteiger partial charge in [0.25, 0.3) is 11.5 Å². The van der Waals surface area contributed by atoms with Crippen molar-refractivity contribution in [2.24, 2.45) is 0 Å². The lowest BCUT2D eigenvalue weighted by Crippen LogP contribution is -2.41. The second-order valence-electron chi connectivity index (χ2n) is 8.07. The van der Waals surface area contributed by atoms with Gasteiger partial charge in [-0.2, -0.15) is 5.26 Å². The molecule has 2 fully saturated rings. The second-order valence-corrected chi connectivity index (χ2v) is 9.74. The molecular formula is C23H30N4O3S2. The molecule has 7 nitrogen and oxygen atoms in total. The number of anilines is 1. The van der Waals surface area contributed by atoms with E-state index in [2.05, 4.69) is 17.9 Å².